The Morgan fingerprint density at radius 3 is 2.23 bits per heavy atom. The number of nitrogens with one attached hydrogen (secondary N) is 1. The molecular formula is C20H21FN2O3. The molecule has 1 N–H and O–H groups in total. The Balaban J connectivity index is 1.94. The van der Waals surface area contributed by atoms with Gasteiger partial charge in [0.2, 0.25) is 11.8 Å². The quantitative estimate of drug-likeness (QED) is 0.776. The topological polar surface area (TPSA) is 66.5 Å². The number of anilines is 1. The van der Waals surface area contributed by atoms with Crippen molar-refractivity contribution in [3.8, 4) is 0 Å². The highest BCUT2D eigenvalue weighted by Gasteiger charge is 2.16. The number of benzene rings is 2. The zero-order chi connectivity index (χ0) is 19.1. The smallest absolute Gasteiger partial charge is 0.240 e. The molecule has 0 aliphatic heterocycles. The van der Waals surface area contributed by atoms with Crippen LogP contribution in [0.1, 0.15) is 29.8 Å². The van der Waals surface area contributed by atoms with E-state index in [1.54, 1.807) is 42.5 Å². The number of Topliss-reactive ketones (excluding diaryl/α,β-unsaturated/α-hetero) is 1. The van der Waals surface area contributed by atoms with E-state index in [9.17, 15) is 18.8 Å². The molecule has 0 unspecified atom stereocenters. The van der Waals surface area contributed by atoms with E-state index in [0.717, 1.165) is 0 Å². The summed E-state index contributed by atoms with van der Waals surface area (Å²) in [5.41, 5.74) is 1.59. The third-order valence-electron chi connectivity index (χ3n) is 3.94. The largest absolute Gasteiger partial charge is 0.354 e. The molecule has 0 bridgehead atoms. The lowest BCUT2D eigenvalue weighted by Gasteiger charge is -2.21. The van der Waals surface area contributed by atoms with Gasteiger partial charge in [-0.15, -0.1) is 0 Å². The van der Waals surface area contributed by atoms with Crippen molar-refractivity contribution in [2.45, 2.75) is 20.3 Å². The third kappa shape index (κ3) is 5.24. The fourth-order valence-corrected chi connectivity index (χ4v) is 2.50. The second-order valence-corrected chi connectivity index (χ2v) is 5.90. The summed E-state index contributed by atoms with van der Waals surface area (Å²) in [7, 11) is 0. The van der Waals surface area contributed by atoms with Gasteiger partial charge in [-0.1, -0.05) is 18.2 Å². The third-order valence-corrected chi connectivity index (χ3v) is 3.94. The number of nitrogens with zero attached hydrogens (tertiary/aromatic N) is 1. The first-order chi connectivity index (χ1) is 12.4. The van der Waals surface area contributed by atoms with Crippen molar-refractivity contribution in [2.24, 2.45) is 0 Å². The molecule has 0 atom stereocenters. The lowest BCUT2D eigenvalue weighted by atomic mass is 10.1. The molecule has 5 nitrogen and oxygen atoms in total. The van der Waals surface area contributed by atoms with E-state index >= 15 is 0 Å². The lowest BCUT2D eigenvalue weighted by Crippen LogP contribution is -2.40. The minimum absolute atomic E-state index is 0.0724. The van der Waals surface area contributed by atoms with Crippen LogP contribution in [0.5, 0.6) is 0 Å². The Hall–Kier alpha value is -3.02. The van der Waals surface area contributed by atoms with Crippen molar-refractivity contribution in [1.82, 2.24) is 5.32 Å². The molecule has 136 valence electrons. The molecule has 26 heavy (non-hydrogen) atoms. The van der Waals surface area contributed by atoms with Crippen molar-refractivity contribution in [2.75, 3.05) is 18.0 Å². The summed E-state index contributed by atoms with van der Waals surface area (Å²) in [5.74, 6) is -1.01. The monoisotopic (exact) mass is 356 g/mol. The molecule has 0 radical (unpaired) electrons. The van der Waals surface area contributed by atoms with Crippen molar-refractivity contribution in [1.29, 1.82) is 0 Å². The van der Waals surface area contributed by atoms with Crippen LogP contribution < -0.4 is 10.2 Å². The van der Waals surface area contributed by atoms with E-state index in [-0.39, 0.29) is 36.5 Å². The average Bonchev–Trinajstić information content (AvgIpc) is 2.61. The summed E-state index contributed by atoms with van der Waals surface area (Å²) < 4.78 is 13.6. The van der Waals surface area contributed by atoms with Gasteiger partial charge in [0.1, 0.15) is 12.4 Å². The van der Waals surface area contributed by atoms with Crippen LogP contribution in [0.25, 0.3) is 0 Å². The average molecular weight is 356 g/mol. The number of hydrogen-bond acceptors (Lipinski definition) is 3. The normalized spacial score (nSPS) is 10.3. The summed E-state index contributed by atoms with van der Waals surface area (Å²) in [5, 5.41) is 2.69. The molecule has 0 saturated carbocycles. The molecule has 0 aliphatic rings. The number of carbonyl (C=O) groups excluding carboxylic acids is 3. The molecule has 0 aromatic heterocycles. The Kier molecular flexibility index (Phi) is 6.60. The summed E-state index contributed by atoms with van der Waals surface area (Å²) in [6.45, 7) is 2.95. The molecule has 6 heteroatoms. The number of ketones is 1. The van der Waals surface area contributed by atoms with E-state index in [1.807, 2.05) is 0 Å². The van der Waals surface area contributed by atoms with Gasteiger partial charge in [0.05, 0.1) is 0 Å². The van der Waals surface area contributed by atoms with Crippen LogP contribution in [0.2, 0.25) is 0 Å². The molecule has 2 aromatic rings. The van der Waals surface area contributed by atoms with Crippen LogP contribution in [0.4, 0.5) is 10.1 Å². The van der Waals surface area contributed by atoms with Gasteiger partial charge in [-0.3, -0.25) is 14.4 Å². The fourth-order valence-electron chi connectivity index (χ4n) is 2.50. The standard InChI is InChI=1S/C20H21FN2O3/c1-14(24)16-7-9-18(10-8-16)23(15(2)25)13-20(26)22-12-11-17-5-3-4-6-19(17)21/h3-10H,11-13H2,1-2H3,(H,22,26). The van der Waals surface area contributed by atoms with Crippen LogP contribution in [0, 0.1) is 5.82 Å². The van der Waals surface area contributed by atoms with Gasteiger partial charge in [0.15, 0.2) is 5.78 Å². The predicted octanol–water partition coefficient (Wildman–Crippen LogP) is 2.74. The lowest BCUT2D eigenvalue weighted by molar-refractivity contribution is -0.123. The van der Waals surface area contributed by atoms with Gasteiger partial charge >= 0.3 is 0 Å². The maximum atomic E-state index is 13.6. The Bertz CT molecular complexity index is 803. The van der Waals surface area contributed by atoms with Crippen molar-refractivity contribution >= 4 is 23.3 Å². The van der Waals surface area contributed by atoms with Gasteiger partial charge in [-0.05, 0) is 49.2 Å². The number of halogens is 1. The van der Waals surface area contributed by atoms with E-state index in [2.05, 4.69) is 5.32 Å². The first kappa shape index (κ1) is 19.3. The predicted molar refractivity (Wildman–Crippen MR) is 97.6 cm³/mol. The highest BCUT2D eigenvalue weighted by atomic mass is 19.1. The molecule has 0 aliphatic carbocycles. The van der Waals surface area contributed by atoms with Crippen molar-refractivity contribution < 1.29 is 18.8 Å². The minimum atomic E-state index is -0.341. The zero-order valence-corrected chi connectivity index (χ0v) is 14.8. The molecule has 2 rings (SSSR count). The number of amides is 2. The maximum Gasteiger partial charge on any atom is 0.240 e. The van der Waals surface area contributed by atoms with Gasteiger partial charge in [0.25, 0.3) is 0 Å². The number of rotatable bonds is 7. The zero-order valence-electron chi connectivity index (χ0n) is 14.8. The first-order valence-electron chi connectivity index (χ1n) is 8.27. The molecule has 2 aromatic carbocycles. The van der Waals surface area contributed by atoms with E-state index in [1.165, 1.54) is 24.8 Å². The number of hydrogen-bond donors (Lipinski definition) is 1. The summed E-state index contributed by atoms with van der Waals surface area (Å²) >= 11 is 0. The molecule has 0 fully saturated rings. The molecular weight excluding hydrogens is 335 g/mol. The van der Waals surface area contributed by atoms with E-state index in [4.69, 9.17) is 0 Å². The van der Waals surface area contributed by atoms with Gasteiger partial charge in [-0.2, -0.15) is 0 Å². The van der Waals surface area contributed by atoms with Crippen molar-refractivity contribution in [3.05, 3.63) is 65.5 Å². The second kappa shape index (κ2) is 8.89. The molecule has 0 saturated heterocycles. The van der Waals surface area contributed by atoms with Crippen LogP contribution in [0.15, 0.2) is 48.5 Å². The van der Waals surface area contributed by atoms with Crippen LogP contribution in [-0.2, 0) is 16.0 Å². The Morgan fingerprint density at radius 1 is 1.00 bits per heavy atom. The van der Waals surface area contributed by atoms with Crippen LogP contribution in [-0.4, -0.2) is 30.7 Å². The van der Waals surface area contributed by atoms with Gasteiger partial charge in [0, 0.05) is 24.7 Å². The highest BCUT2D eigenvalue weighted by molar-refractivity contribution is 5.98. The summed E-state index contributed by atoms with van der Waals surface area (Å²) in [6.07, 6.45) is 0.367. The fraction of sp³-hybridized carbons (Fsp3) is 0.250. The molecule has 0 heterocycles. The Labute approximate surface area is 151 Å². The van der Waals surface area contributed by atoms with E-state index in [0.29, 0.717) is 23.2 Å². The van der Waals surface area contributed by atoms with Gasteiger partial charge in [-0.25, -0.2) is 4.39 Å². The second-order valence-electron chi connectivity index (χ2n) is 5.90. The van der Waals surface area contributed by atoms with Crippen molar-refractivity contribution in [3.63, 3.8) is 0 Å². The van der Waals surface area contributed by atoms with Gasteiger partial charge < -0.3 is 10.2 Å². The summed E-state index contributed by atoms with van der Waals surface area (Å²) in [6, 6.07) is 12.9. The number of carbonyl (C=O) groups is 3. The summed E-state index contributed by atoms with van der Waals surface area (Å²) in [4.78, 5) is 36.6. The maximum absolute atomic E-state index is 13.6. The van der Waals surface area contributed by atoms with Crippen LogP contribution in [0.3, 0.4) is 0 Å². The SMILES string of the molecule is CC(=O)c1ccc(N(CC(=O)NCCc2ccccc2F)C(C)=O)cc1. The highest BCUT2D eigenvalue weighted by Crippen LogP contribution is 2.16. The Morgan fingerprint density at radius 2 is 1.65 bits per heavy atom. The molecule has 0 spiro atoms. The molecule has 2 amide bonds. The first-order valence-corrected chi connectivity index (χ1v) is 8.27. The minimum Gasteiger partial charge on any atom is -0.354 e. The van der Waals surface area contributed by atoms with E-state index < -0.39 is 0 Å². The van der Waals surface area contributed by atoms with Crippen LogP contribution >= 0.6 is 0 Å².